The highest BCUT2D eigenvalue weighted by atomic mass is 16.1. The van der Waals surface area contributed by atoms with Crippen LogP contribution in [0.15, 0.2) is 6.07 Å². The molecule has 17 heavy (non-hydrogen) atoms. The van der Waals surface area contributed by atoms with E-state index in [0.717, 1.165) is 36.2 Å². The molecule has 0 unspecified atom stereocenters. The van der Waals surface area contributed by atoms with Crippen LogP contribution in [0, 0.1) is 12.8 Å². The van der Waals surface area contributed by atoms with E-state index in [0.29, 0.717) is 12.3 Å². The van der Waals surface area contributed by atoms with Crippen molar-refractivity contribution in [1.29, 1.82) is 0 Å². The van der Waals surface area contributed by atoms with Crippen LogP contribution < -0.4 is 0 Å². The molecule has 0 saturated heterocycles. The van der Waals surface area contributed by atoms with E-state index in [2.05, 4.69) is 24.0 Å². The molecule has 0 saturated carbocycles. The number of rotatable bonds is 6. The Bertz CT molecular complexity index is 384. The highest BCUT2D eigenvalue weighted by Gasteiger charge is 2.16. The van der Waals surface area contributed by atoms with Crippen LogP contribution in [0.25, 0.3) is 0 Å². The summed E-state index contributed by atoms with van der Waals surface area (Å²) in [7, 11) is 0. The molecule has 1 aromatic rings. The van der Waals surface area contributed by atoms with Crippen LogP contribution in [0.5, 0.6) is 0 Å². The molecule has 1 rings (SSSR count). The van der Waals surface area contributed by atoms with Gasteiger partial charge in [-0.25, -0.2) is 0 Å². The molecular formula is C14H22N2O. The first-order valence-corrected chi connectivity index (χ1v) is 6.48. The number of aryl methyl sites for hydroxylation is 2. The molecule has 3 nitrogen and oxygen atoms in total. The Kier molecular flexibility index (Phi) is 5.26. The second-order valence-corrected chi connectivity index (χ2v) is 4.51. The minimum Gasteiger partial charge on any atom is -0.294 e. The monoisotopic (exact) mass is 234 g/mol. The summed E-state index contributed by atoms with van der Waals surface area (Å²) in [6.07, 6.45) is 3.50. The molecule has 0 fully saturated rings. The average molecular weight is 234 g/mol. The number of aromatic nitrogens is 2. The van der Waals surface area contributed by atoms with E-state index < -0.39 is 0 Å². The van der Waals surface area contributed by atoms with E-state index in [1.54, 1.807) is 0 Å². The van der Waals surface area contributed by atoms with Gasteiger partial charge in [0, 0.05) is 12.0 Å². The third-order valence-electron chi connectivity index (χ3n) is 3.26. The Morgan fingerprint density at radius 1 is 1.24 bits per heavy atom. The smallest absolute Gasteiger partial charge is 0.165 e. The zero-order chi connectivity index (χ0) is 12.8. The standard InChI is InChI=1S/C14H22N2O/c1-5-11(6-2)9-14(17)12-8-10(4)15-16-13(12)7-3/h8,11H,5-7,9H2,1-4H3. The molecule has 0 aliphatic carbocycles. The van der Waals surface area contributed by atoms with Crippen molar-refractivity contribution in [2.75, 3.05) is 0 Å². The quantitative estimate of drug-likeness (QED) is 0.709. The molecule has 0 atom stereocenters. The Morgan fingerprint density at radius 3 is 2.41 bits per heavy atom. The van der Waals surface area contributed by atoms with Gasteiger partial charge in [-0.1, -0.05) is 33.6 Å². The molecule has 0 spiro atoms. The summed E-state index contributed by atoms with van der Waals surface area (Å²) >= 11 is 0. The maximum absolute atomic E-state index is 12.2. The zero-order valence-electron chi connectivity index (χ0n) is 11.3. The van der Waals surface area contributed by atoms with E-state index in [4.69, 9.17) is 0 Å². The van der Waals surface area contributed by atoms with Crippen LogP contribution in [0.1, 0.15) is 61.8 Å². The SMILES string of the molecule is CCc1nnc(C)cc1C(=O)CC(CC)CC. The molecule has 0 aliphatic rings. The van der Waals surface area contributed by atoms with Gasteiger partial charge in [0.1, 0.15) is 0 Å². The lowest BCUT2D eigenvalue weighted by atomic mass is 9.93. The number of ketones is 1. The minimum atomic E-state index is 0.216. The van der Waals surface area contributed by atoms with Crippen LogP contribution in [-0.2, 0) is 6.42 Å². The predicted octanol–water partition coefficient (Wildman–Crippen LogP) is 3.36. The Balaban J connectivity index is 2.90. The van der Waals surface area contributed by atoms with Crippen molar-refractivity contribution >= 4 is 5.78 Å². The van der Waals surface area contributed by atoms with E-state index in [-0.39, 0.29) is 5.78 Å². The Morgan fingerprint density at radius 2 is 1.88 bits per heavy atom. The van der Waals surface area contributed by atoms with Crippen LogP contribution in [-0.4, -0.2) is 16.0 Å². The third kappa shape index (κ3) is 3.62. The van der Waals surface area contributed by atoms with Crippen molar-refractivity contribution in [3.05, 3.63) is 23.0 Å². The molecule has 1 heterocycles. The number of hydrogen-bond donors (Lipinski definition) is 0. The highest BCUT2D eigenvalue weighted by Crippen LogP contribution is 2.18. The highest BCUT2D eigenvalue weighted by molar-refractivity contribution is 5.97. The lowest BCUT2D eigenvalue weighted by Crippen LogP contribution is -2.12. The summed E-state index contributed by atoms with van der Waals surface area (Å²) < 4.78 is 0. The maximum atomic E-state index is 12.2. The van der Waals surface area contributed by atoms with Gasteiger partial charge in [0.2, 0.25) is 0 Å². The van der Waals surface area contributed by atoms with E-state index in [9.17, 15) is 4.79 Å². The maximum Gasteiger partial charge on any atom is 0.165 e. The molecular weight excluding hydrogens is 212 g/mol. The molecule has 0 N–H and O–H groups in total. The van der Waals surface area contributed by atoms with Gasteiger partial charge in [-0.15, -0.1) is 0 Å². The molecule has 3 heteroatoms. The second-order valence-electron chi connectivity index (χ2n) is 4.51. The van der Waals surface area contributed by atoms with Crippen molar-refractivity contribution in [3.8, 4) is 0 Å². The summed E-state index contributed by atoms with van der Waals surface area (Å²) in [5.74, 6) is 0.703. The van der Waals surface area contributed by atoms with Crippen molar-refractivity contribution in [3.63, 3.8) is 0 Å². The van der Waals surface area contributed by atoms with Crippen molar-refractivity contribution < 1.29 is 4.79 Å². The van der Waals surface area contributed by atoms with Gasteiger partial charge in [-0.2, -0.15) is 10.2 Å². The van der Waals surface area contributed by atoms with Gasteiger partial charge < -0.3 is 0 Å². The summed E-state index contributed by atoms with van der Waals surface area (Å²) in [6.45, 7) is 8.16. The summed E-state index contributed by atoms with van der Waals surface area (Å²) in [5.41, 5.74) is 2.41. The number of nitrogens with zero attached hydrogens (tertiary/aromatic N) is 2. The second kappa shape index (κ2) is 6.48. The first kappa shape index (κ1) is 13.8. The first-order valence-electron chi connectivity index (χ1n) is 6.48. The molecule has 94 valence electrons. The fraction of sp³-hybridized carbons (Fsp3) is 0.643. The van der Waals surface area contributed by atoms with Crippen molar-refractivity contribution in [2.45, 2.75) is 53.4 Å². The molecule has 0 radical (unpaired) electrons. The van der Waals surface area contributed by atoms with Gasteiger partial charge in [-0.3, -0.25) is 4.79 Å². The first-order chi connectivity index (χ1) is 8.12. The number of Topliss-reactive ketones (excluding diaryl/α,β-unsaturated/α-hetero) is 1. The topological polar surface area (TPSA) is 42.9 Å². The van der Waals surface area contributed by atoms with Gasteiger partial charge in [0.25, 0.3) is 0 Å². The Hall–Kier alpha value is -1.25. The lowest BCUT2D eigenvalue weighted by molar-refractivity contribution is 0.0957. The summed E-state index contributed by atoms with van der Waals surface area (Å²) in [4.78, 5) is 12.2. The van der Waals surface area contributed by atoms with E-state index in [1.807, 2.05) is 19.9 Å². The van der Waals surface area contributed by atoms with Gasteiger partial charge in [-0.05, 0) is 25.3 Å². The largest absolute Gasteiger partial charge is 0.294 e. The van der Waals surface area contributed by atoms with Crippen LogP contribution in [0.2, 0.25) is 0 Å². The normalized spacial score (nSPS) is 10.9. The summed E-state index contributed by atoms with van der Waals surface area (Å²) in [6, 6.07) is 1.87. The van der Waals surface area contributed by atoms with Gasteiger partial charge in [0.05, 0.1) is 11.4 Å². The number of carbonyl (C=O) groups is 1. The van der Waals surface area contributed by atoms with Gasteiger partial charge >= 0.3 is 0 Å². The summed E-state index contributed by atoms with van der Waals surface area (Å²) in [5, 5.41) is 8.12. The van der Waals surface area contributed by atoms with E-state index in [1.165, 1.54) is 0 Å². The molecule has 0 aliphatic heterocycles. The molecule has 0 bridgehead atoms. The number of carbonyl (C=O) groups excluding carboxylic acids is 1. The Labute approximate surface area is 104 Å². The van der Waals surface area contributed by atoms with E-state index >= 15 is 0 Å². The van der Waals surface area contributed by atoms with Crippen LogP contribution >= 0.6 is 0 Å². The van der Waals surface area contributed by atoms with Crippen molar-refractivity contribution in [2.24, 2.45) is 5.92 Å². The van der Waals surface area contributed by atoms with Gasteiger partial charge in [0.15, 0.2) is 5.78 Å². The molecule has 0 aromatic carbocycles. The average Bonchev–Trinajstić information content (AvgIpc) is 2.35. The van der Waals surface area contributed by atoms with Crippen LogP contribution in [0.3, 0.4) is 0 Å². The fourth-order valence-electron chi connectivity index (χ4n) is 1.97. The molecule has 1 aromatic heterocycles. The fourth-order valence-corrected chi connectivity index (χ4v) is 1.97. The zero-order valence-corrected chi connectivity index (χ0v) is 11.3. The molecule has 0 amide bonds. The predicted molar refractivity (Wildman–Crippen MR) is 69.2 cm³/mol. The van der Waals surface area contributed by atoms with Crippen LogP contribution in [0.4, 0.5) is 0 Å². The third-order valence-corrected chi connectivity index (χ3v) is 3.26. The minimum absolute atomic E-state index is 0.216. The lowest BCUT2D eigenvalue weighted by Gasteiger charge is -2.12. The van der Waals surface area contributed by atoms with Crippen molar-refractivity contribution in [1.82, 2.24) is 10.2 Å². The number of hydrogen-bond acceptors (Lipinski definition) is 3.